The fourth-order valence-corrected chi connectivity index (χ4v) is 11.7. The van der Waals surface area contributed by atoms with Crippen LogP contribution in [0, 0.1) is 27.7 Å². The minimum Gasteiger partial charge on any atom is -0.496 e. The zero-order valence-corrected chi connectivity index (χ0v) is 36.3. The van der Waals surface area contributed by atoms with Gasteiger partial charge in [-0.15, -0.1) is 0 Å². The first-order chi connectivity index (χ1) is 26.9. The largest absolute Gasteiger partial charge is 0.496 e. The topological polar surface area (TPSA) is 209 Å². The zero-order valence-electron chi connectivity index (χ0n) is 31.4. The Morgan fingerprint density at radius 1 is 0.821 bits per heavy atom. The van der Waals surface area contributed by atoms with Gasteiger partial charge in [-0.05, 0) is 58.9 Å². The van der Waals surface area contributed by atoms with Crippen molar-refractivity contribution < 1.29 is 32.8 Å². The van der Waals surface area contributed by atoms with Gasteiger partial charge < -0.3 is 48.7 Å². The normalized spacial score (nSPS) is 10.7. The van der Waals surface area contributed by atoms with Crippen LogP contribution < -0.4 is 20.8 Å². The van der Waals surface area contributed by atoms with Gasteiger partial charge in [-0.1, -0.05) is 10.3 Å². The molecule has 5 heterocycles. The van der Waals surface area contributed by atoms with Crippen LogP contribution in [0.3, 0.4) is 0 Å². The van der Waals surface area contributed by atoms with Gasteiger partial charge in [0.15, 0.2) is 0 Å². The number of ether oxygens (including phenoxy) is 4. The van der Waals surface area contributed by atoms with Crippen LogP contribution in [-0.4, -0.2) is 64.2 Å². The Morgan fingerprint density at radius 2 is 1.36 bits per heavy atom. The number of rotatable bonds is 8. The molecule has 0 unspecified atom stereocenters. The lowest BCUT2D eigenvalue weighted by Gasteiger charge is -2.09. The molecule has 0 aliphatic heterocycles. The van der Waals surface area contributed by atoms with Crippen molar-refractivity contribution in [2.45, 2.75) is 41.2 Å². The van der Waals surface area contributed by atoms with Gasteiger partial charge in [0, 0.05) is 97.9 Å². The molecule has 296 valence electrons. The molecule has 0 saturated carbocycles. The number of esters is 1. The average molecular weight is 876 g/mol. The quantitative estimate of drug-likeness (QED) is 0.129. The number of fused-ring (bicyclic) bond motifs is 4. The second-order valence-corrected chi connectivity index (χ2v) is 18.9. The summed E-state index contributed by atoms with van der Waals surface area (Å²) in [5.41, 5.74) is 13.0. The number of carbonyl (C=O) groups is 1. The smallest absolute Gasteiger partial charge is 0.342 e. The summed E-state index contributed by atoms with van der Waals surface area (Å²) in [7, 11) is 10.4. The fourth-order valence-electron chi connectivity index (χ4n) is 6.24. The van der Waals surface area contributed by atoms with Crippen molar-refractivity contribution in [3.8, 4) is 33.8 Å². The number of nitrogen functional groups attached to an aromatic ring is 1. The molecule has 0 fully saturated rings. The van der Waals surface area contributed by atoms with Gasteiger partial charge in [0.1, 0.15) is 52.5 Å². The molecule has 2 aromatic carbocycles. The van der Waals surface area contributed by atoms with E-state index in [0.29, 0.717) is 56.3 Å². The highest BCUT2D eigenvalue weighted by Crippen LogP contribution is 2.40. The van der Waals surface area contributed by atoms with Gasteiger partial charge in [-0.2, -0.15) is 0 Å². The van der Waals surface area contributed by atoms with E-state index >= 15 is 0 Å². The number of nitrogens with two attached hydrogens (primary N) is 1. The maximum Gasteiger partial charge on any atom is 0.342 e. The summed E-state index contributed by atoms with van der Waals surface area (Å²) >= 11 is 9.03. The number of methoxy groups -OCH3 is 3. The molecule has 0 saturated heterocycles. The third kappa shape index (κ3) is 8.78. The summed E-state index contributed by atoms with van der Waals surface area (Å²) in [6.07, 6.45) is 0. The van der Waals surface area contributed by atoms with Crippen molar-refractivity contribution in [3.05, 3.63) is 68.9 Å². The van der Waals surface area contributed by atoms with E-state index in [-0.39, 0.29) is 24.6 Å². The van der Waals surface area contributed by atoms with Crippen LogP contribution in [0.1, 0.15) is 46.0 Å². The lowest BCUT2D eigenvalue weighted by atomic mass is 10.0. The van der Waals surface area contributed by atoms with Crippen LogP contribution in [0.5, 0.6) is 11.5 Å². The minimum atomic E-state index is -0.464. The summed E-state index contributed by atoms with van der Waals surface area (Å²) in [4.78, 5) is 38.1. The molecular formula is C35H37N7O8S6. The van der Waals surface area contributed by atoms with E-state index < -0.39 is 5.97 Å². The first-order valence-electron chi connectivity index (χ1n) is 16.5. The highest BCUT2D eigenvalue weighted by atomic mass is 33.3. The standard InChI is InChI=1S/C18H18N4O4.C17H19N3O4.S6/c1-8-15(9(2)26-22-8)11-5-12-10(6-13(11)25-4)16-17(19-12)20-14(7-24-3)21-18(16)23;1-5-23-17(21)15-10-7-13(22-4)11(6-12(10)19-16(15)18)14-8(2)20-24-9(14)3;1-3-5-6-4-2/h5-6H,7H2,1-4H3,(H2,19,20,21,23);6-7,19H,5,18H2,1-4H3;. The van der Waals surface area contributed by atoms with E-state index in [0.717, 1.165) is 44.5 Å². The first kappa shape index (κ1) is 42.4. The number of hydrogen-bond acceptors (Lipinski definition) is 14. The Labute approximate surface area is 341 Å². The second-order valence-electron chi connectivity index (χ2n) is 11.8. The van der Waals surface area contributed by atoms with Crippen molar-refractivity contribution in [3.63, 3.8) is 0 Å². The summed E-state index contributed by atoms with van der Waals surface area (Å²) in [6.45, 7) is 9.69. The van der Waals surface area contributed by atoms with Gasteiger partial charge >= 0.3 is 5.97 Å². The Balaban J connectivity index is 0.000000188. The van der Waals surface area contributed by atoms with E-state index in [1.165, 1.54) is 35.5 Å². The number of nitrogens with zero attached hydrogens (tertiary/aromatic N) is 3. The lowest BCUT2D eigenvalue weighted by Crippen LogP contribution is -2.11. The molecule has 0 atom stereocenters. The summed E-state index contributed by atoms with van der Waals surface area (Å²) in [6, 6.07) is 7.41. The number of benzene rings is 2. The molecule has 0 aliphatic carbocycles. The minimum absolute atomic E-state index is 0.222. The number of aromatic amines is 3. The lowest BCUT2D eigenvalue weighted by molar-refractivity contribution is 0.0530. The molecule has 21 heteroatoms. The van der Waals surface area contributed by atoms with Crippen LogP contribution in [0.25, 0.3) is 55.1 Å². The predicted molar refractivity (Wildman–Crippen MR) is 231 cm³/mol. The zero-order chi connectivity index (χ0) is 40.7. The first-order valence-corrected chi connectivity index (χ1v) is 23.1. The maximum atomic E-state index is 12.5. The number of H-pyrrole nitrogens is 3. The Hall–Kier alpha value is -4.77. The van der Waals surface area contributed by atoms with E-state index in [9.17, 15) is 9.59 Å². The molecule has 56 heavy (non-hydrogen) atoms. The van der Waals surface area contributed by atoms with Gasteiger partial charge in [-0.3, -0.25) is 4.79 Å². The van der Waals surface area contributed by atoms with E-state index in [1.54, 1.807) is 34.3 Å². The molecule has 0 spiro atoms. The Bertz CT molecular complexity index is 2760. The SMILES string of the molecule is CCOC(=O)c1c(N)[nH]c2cc(-c3c(C)noc3C)c(OC)cc12.COCc1nc2[nH]c3cc(-c4c(C)noc4C)c(OC)cc3c2c(=O)[nH]1.S=S=S=S=S=S. The second kappa shape index (κ2) is 18.9. The Kier molecular flexibility index (Phi) is 14.3. The molecule has 0 bridgehead atoms. The number of aryl methyl sites for hydroxylation is 4. The Morgan fingerprint density at radius 3 is 1.82 bits per heavy atom. The number of aromatic nitrogens is 6. The van der Waals surface area contributed by atoms with Gasteiger partial charge in [-0.25, -0.2) is 9.78 Å². The van der Waals surface area contributed by atoms with Crippen molar-refractivity contribution in [2.24, 2.45) is 0 Å². The number of nitrogens with one attached hydrogen (secondary N) is 3. The van der Waals surface area contributed by atoms with Crippen LogP contribution in [0.4, 0.5) is 5.82 Å². The van der Waals surface area contributed by atoms with Gasteiger partial charge in [0.25, 0.3) is 5.56 Å². The number of carbonyl (C=O) groups excluding carboxylic acids is 1. The van der Waals surface area contributed by atoms with Crippen LogP contribution in [0.15, 0.2) is 38.1 Å². The van der Waals surface area contributed by atoms with E-state index in [4.69, 9.17) is 33.7 Å². The van der Waals surface area contributed by atoms with Crippen molar-refractivity contribution in [1.82, 2.24) is 30.2 Å². The molecule has 5 N–H and O–H groups in total. The summed E-state index contributed by atoms with van der Waals surface area (Å²) < 4.78 is 31.8. The van der Waals surface area contributed by atoms with Gasteiger partial charge in [0.2, 0.25) is 0 Å². The molecular weight excluding hydrogens is 839 g/mol. The molecule has 0 aliphatic rings. The molecule has 5 aromatic heterocycles. The van der Waals surface area contributed by atoms with E-state index in [1.807, 2.05) is 45.9 Å². The highest BCUT2D eigenvalue weighted by Gasteiger charge is 2.23. The third-order valence-corrected chi connectivity index (χ3v) is 15.1. The maximum absolute atomic E-state index is 12.5. The van der Waals surface area contributed by atoms with Crippen LogP contribution in [-0.2, 0) is 74.0 Å². The molecule has 15 nitrogen and oxygen atoms in total. The van der Waals surface area contributed by atoms with Crippen LogP contribution in [0.2, 0.25) is 0 Å². The summed E-state index contributed by atoms with van der Waals surface area (Å²) in [5, 5.41) is 9.88. The third-order valence-electron chi connectivity index (χ3n) is 8.43. The summed E-state index contributed by atoms with van der Waals surface area (Å²) in [5.74, 6) is 2.89. The molecule has 0 radical (unpaired) electrons. The monoisotopic (exact) mass is 875 g/mol. The number of hydrogen-bond donors (Lipinski definition) is 4. The predicted octanol–water partition coefficient (Wildman–Crippen LogP) is 6.02. The van der Waals surface area contributed by atoms with E-state index in [2.05, 4.69) is 52.6 Å². The average Bonchev–Trinajstić information content (AvgIpc) is 3.91. The molecule has 0 amide bonds. The van der Waals surface area contributed by atoms with Crippen molar-refractivity contribution in [1.29, 1.82) is 0 Å². The number of anilines is 1. The van der Waals surface area contributed by atoms with Crippen molar-refractivity contribution >= 4 is 103 Å². The molecule has 7 aromatic rings. The molecule has 7 rings (SSSR count). The fraction of sp³-hybridized carbons (Fsp3) is 0.286. The highest BCUT2D eigenvalue weighted by molar-refractivity contribution is 8.64. The van der Waals surface area contributed by atoms with Gasteiger partial charge in [0.05, 0.1) is 48.7 Å². The van der Waals surface area contributed by atoms with Crippen molar-refractivity contribution in [2.75, 3.05) is 33.7 Å². The van der Waals surface area contributed by atoms with Crippen LogP contribution >= 0.6 is 0 Å².